The molecule has 1 aromatic rings. The molecule has 2 amide bonds. The minimum absolute atomic E-state index is 0.0777. The first-order valence-electron chi connectivity index (χ1n) is 9.03. The van der Waals surface area contributed by atoms with Crippen LogP contribution in [-0.4, -0.2) is 41.1 Å². The second kappa shape index (κ2) is 8.32. The maximum Gasteiger partial charge on any atom is 0.416 e. The van der Waals surface area contributed by atoms with Crippen molar-refractivity contribution in [1.82, 2.24) is 9.88 Å². The maximum absolute atomic E-state index is 12.4. The Kier molecular flexibility index (Phi) is 6.39. The number of hydrogen-bond acceptors (Lipinski definition) is 4. The average Bonchev–Trinajstić information content (AvgIpc) is 2.58. The summed E-state index contributed by atoms with van der Waals surface area (Å²) in [5.74, 6) is 0.577. The van der Waals surface area contributed by atoms with Gasteiger partial charge in [-0.3, -0.25) is 9.69 Å². The van der Waals surface area contributed by atoms with Crippen LogP contribution < -0.4 is 4.90 Å². The summed E-state index contributed by atoms with van der Waals surface area (Å²) in [7, 11) is 0. The van der Waals surface area contributed by atoms with Gasteiger partial charge in [0, 0.05) is 19.3 Å². The van der Waals surface area contributed by atoms with Crippen LogP contribution in [0.25, 0.3) is 0 Å². The van der Waals surface area contributed by atoms with Crippen molar-refractivity contribution >= 4 is 18.3 Å². The standard InChI is InChI=1S/C19H29N3O3/c1-5-11-22(18(24)25-19(2,3)4)17-10-9-15(13-20-17)16-8-6-7-12-21(16)14-23/h9-10,13-14,16H,5-8,11-12H2,1-4H3/t16-/m0/s1. The number of carbonyl (C=O) groups excluding carboxylic acids is 2. The van der Waals surface area contributed by atoms with E-state index in [1.165, 1.54) is 0 Å². The van der Waals surface area contributed by atoms with E-state index in [1.807, 2.05) is 44.7 Å². The molecule has 0 aromatic carbocycles. The average molecular weight is 347 g/mol. The summed E-state index contributed by atoms with van der Waals surface area (Å²) >= 11 is 0. The summed E-state index contributed by atoms with van der Waals surface area (Å²) in [6, 6.07) is 3.88. The first-order valence-corrected chi connectivity index (χ1v) is 9.03. The molecule has 0 bridgehead atoms. The quantitative estimate of drug-likeness (QED) is 0.758. The van der Waals surface area contributed by atoms with Gasteiger partial charge in [0.1, 0.15) is 11.4 Å². The zero-order chi connectivity index (χ0) is 18.4. The largest absolute Gasteiger partial charge is 0.443 e. The first-order chi connectivity index (χ1) is 11.9. The van der Waals surface area contributed by atoms with Crippen molar-refractivity contribution in [1.29, 1.82) is 0 Å². The fraction of sp³-hybridized carbons (Fsp3) is 0.632. The molecular weight excluding hydrogens is 318 g/mol. The van der Waals surface area contributed by atoms with Gasteiger partial charge in [-0.15, -0.1) is 0 Å². The number of rotatable bonds is 5. The molecule has 1 fully saturated rings. The third-order valence-electron chi connectivity index (χ3n) is 4.17. The van der Waals surface area contributed by atoms with Crippen LogP contribution in [-0.2, 0) is 9.53 Å². The third kappa shape index (κ3) is 5.18. The van der Waals surface area contributed by atoms with Crippen molar-refractivity contribution in [2.24, 2.45) is 0 Å². The molecule has 6 heteroatoms. The van der Waals surface area contributed by atoms with Crippen LogP contribution in [0.1, 0.15) is 65.0 Å². The summed E-state index contributed by atoms with van der Waals surface area (Å²) in [4.78, 5) is 31.6. The van der Waals surface area contributed by atoms with E-state index in [0.29, 0.717) is 12.4 Å². The van der Waals surface area contributed by atoms with Crippen LogP contribution in [0.15, 0.2) is 18.3 Å². The van der Waals surface area contributed by atoms with E-state index in [-0.39, 0.29) is 12.1 Å². The van der Waals surface area contributed by atoms with Crippen LogP contribution in [0.2, 0.25) is 0 Å². The molecule has 1 aliphatic rings. The Morgan fingerprint density at radius 3 is 2.72 bits per heavy atom. The highest BCUT2D eigenvalue weighted by molar-refractivity contribution is 5.86. The molecule has 25 heavy (non-hydrogen) atoms. The molecule has 1 aliphatic heterocycles. The molecule has 2 rings (SSSR count). The lowest BCUT2D eigenvalue weighted by molar-refractivity contribution is -0.121. The molecule has 0 N–H and O–H groups in total. The number of carbonyl (C=O) groups is 2. The normalized spacial score (nSPS) is 17.9. The van der Waals surface area contributed by atoms with Crippen LogP contribution in [0.5, 0.6) is 0 Å². The predicted octanol–water partition coefficient (Wildman–Crippen LogP) is 3.92. The van der Waals surface area contributed by atoms with Crippen LogP contribution in [0.4, 0.5) is 10.6 Å². The Hall–Kier alpha value is -2.11. The van der Waals surface area contributed by atoms with Crippen molar-refractivity contribution in [3.63, 3.8) is 0 Å². The highest BCUT2D eigenvalue weighted by Crippen LogP contribution is 2.30. The van der Waals surface area contributed by atoms with E-state index < -0.39 is 5.60 Å². The monoisotopic (exact) mass is 347 g/mol. The Bertz CT molecular complexity index is 581. The Morgan fingerprint density at radius 1 is 1.40 bits per heavy atom. The van der Waals surface area contributed by atoms with Gasteiger partial charge >= 0.3 is 6.09 Å². The van der Waals surface area contributed by atoms with Crippen molar-refractivity contribution in [3.05, 3.63) is 23.9 Å². The number of likely N-dealkylation sites (tertiary alicyclic amines) is 1. The van der Waals surface area contributed by atoms with Gasteiger partial charge in [0.25, 0.3) is 0 Å². The highest BCUT2D eigenvalue weighted by atomic mass is 16.6. The second-order valence-corrected chi connectivity index (χ2v) is 7.44. The second-order valence-electron chi connectivity index (χ2n) is 7.44. The lowest BCUT2D eigenvalue weighted by atomic mass is 9.97. The van der Waals surface area contributed by atoms with Crippen LogP contribution in [0, 0.1) is 0 Å². The molecule has 6 nitrogen and oxygen atoms in total. The minimum Gasteiger partial charge on any atom is -0.443 e. The smallest absolute Gasteiger partial charge is 0.416 e. The van der Waals surface area contributed by atoms with Gasteiger partial charge in [-0.05, 0) is 58.1 Å². The molecule has 2 heterocycles. The zero-order valence-electron chi connectivity index (χ0n) is 15.7. The molecule has 0 saturated carbocycles. The van der Waals surface area contributed by atoms with E-state index in [4.69, 9.17) is 4.74 Å². The van der Waals surface area contributed by atoms with Gasteiger partial charge in [-0.25, -0.2) is 9.78 Å². The third-order valence-corrected chi connectivity index (χ3v) is 4.17. The lowest BCUT2D eigenvalue weighted by Gasteiger charge is -2.33. The molecular formula is C19H29N3O3. The van der Waals surface area contributed by atoms with Gasteiger partial charge < -0.3 is 9.64 Å². The van der Waals surface area contributed by atoms with Crippen LogP contribution >= 0.6 is 0 Å². The Labute approximate surface area is 150 Å². The zero-order valence-corrected chi connectivity index (χ0v) is 15.7. The van der Waals surface area contributed by atoms with Crippen molar-refractivity contribution in [2.45, 2.75) is 65.0 Å². The number of ether oxygens (including phenoxy) is 1. The summed E-state index contributed by atoms with van der Waals surface area (Å²) in [5.41, 5.74) is 0.464. The summed E-state index contributed by atoms with van der Waals surface area (Å²) in [5, 5.41) is 0. The number of aromatic nitrogens is 1. The summed E-state index contributed by atoms with van der Waals surface area (Å²) in [6.45, 7) is 8.89. The number of anilines is 1. The number of hydrogen-bond donors (Lipinski definition) is 0. The predicted molar refractivity (Wildman–Crippen MR) is 97.5 cm³/mol. The number of piperidine rings is 1. The molecule has 1 saturated heterocycles. The Morgan fingerprint density at radius 2 is 2.16 bits per heavy atom. The Balaban J connectivity index is 2.17. The van der Waals surface area contributed by atoms with E-state index in [9.17, 15) is 9.59 Å². The fourth-order valence-electron chi connectivity index (χ4n) is 3.03. The number of nitrogens with zero attached hydrogens (tertiary/aromatic N) is 3. The van der Waals surface area contributed by atoms with Gasteiger partial charge in [-0.2, -0.15) is 0 Å². The number of pyridine rings is 1. The lowest BCUT2D eigenvalue weighted by Crippen LogP contribution is -2.38. The molecule has 0 unspecified atom stereocenters. The van der Waals surface area contributed by atoms with Crippen LogP contribution in [0.3, 0.4) is 0 Å². The van der Waals surface area contributed by atoms with E-state index in [1.54, 1.807) is 11.1 Å². The van der Waals surface area contributed by atoms with Gasteiger partial charge in [0.05, 0.1) is 6.04 Å². The highest BCUT2D eigenvalue weighted by Gasteiger charge is 2.25. The van der Waals surface area contributed by atoms with E-state index in [0.717, 1.165) is 44.2 Å². The number of amides is 2. The maximum atomic E-state index is 12.4. The van der Waals surface area contributed by atoms with Crippen molar-refractivity contribution in [2.75, 3.05) is 18.0 Å². The fourth-order valence-corrected chi connectivity index (χ4v) is 3.03. The SMILES string of the molecule is CCCN(C(=O)OC(C)(C)C)c1ccc([C@@H]2CCCCN2C=O)cn1. The molecule has 0 spiro atoms. The van der Waals surface area contributed by atoms with Crippen molar-refractivity contribution < 1.29 is 14.3 Å². The van der Waals surface area contributed by atoms with Gasteiger partial charge in [0.15, 0.2) is 0 Å². The molecule has 1 atom stereocenters. The van der Waals surface area contributed by atoms with Crippen molar-refractivity contribution in [3.8, 4) is 0 Å². The minimum atomic E-state index is -0.546. The van der Waals surface area contributed by atoms with Gasteiger partial charge in [-0.1, -0.05) is 13.0 Å². The van der Waals surface area contributed by atoms with Gasteiger partial charge in [0.2, 0.25) is 6.41 Å². The molecule has 0 radical (unpaired) electrons. The molecule has 1 aromatic heterocycles. The van der Waals surface area contributed by atoms with E-state index >= 15 is 0 Å². The molecule has 0 aliphatic carbocycles. The summed E-state index contributed by atoms with van der Waals surface area (Å²) < 4.78 is 5.48. The summed E-state index contributed by atoms with van der Waals surface area (Å²) in [6.07, 6.45) is 6.22. The molecule has 138 valence electrons. The van der Waals surface area contributed by atoms with E-state index in [2.05, 4.69) is 4.98 Å². The topological polar surface area (TPSA) is 62.7 Å². The first kappa shape index (κ1) is 19.2.